The maximum atomic E-state index is 14.6. The molecule has 6 aromatic rings. The molecule has 64 heavy (non-hydrogen) atoms. The number of benzene rings is 2. The Hall–Kier alpha value is -7.01. The number of carbonyl (C=O) groups is 4. The molecule has 0 saturated carbocycles. The molecule has 2 fully saturated rings. The molecule has 0 bridgehead atoms. The van der Waals surface area contributed by atoms with Crippen molar-refractivity contribution in [3.8, 4) is 23.0 Å². The summed E-state index contributed by atoms with van der Waals surface area (Å²) in [5.74, 6) is -0.517. The van der Waals surface area contributed by atoms with Crippen molar-refractivity contribution < 1.29 is 28.7 Å². The molecular formula is C46H46ClN9O8. The molecule has 3 aliphatic rings. The minimum Gasteiger partial charge on any atom is -0.488 e. The molecule has 0 radical (unpaired) electrons. The number of imidazole rings is 2. The van der Waals surface area contributed by atoms with Gasteiger partial charge in [-0.05, 0) is 74.7 Å². The lowest BCUT2D eigenvalue weighted by molar-refractivity contribution is -0.135. The van der Waals surface area contributed by atoms with Crippen LogP contribution in [-0.4, -0.2) is 83.1 Å². The molecule has 330 valence electrons. The second kappa shape index (κ2) is 16.3. The summed E-state index contributed by atoms with van der Waals surface area (Å²) in [5.41, 5.74) is 3.53. The van der Waals surface area contributed by atoms with Crippen molar-refractivity contribution in [1.82, 2.24) is 38.5 Å². The molecule has 3 aliphatic heterocycles. The van der Waals surface area contributed by atoms with E-state index in [0.29, 0.717) is 70.4 Å². The van der Waals surface area contributed by atoms with Gasteiger partial charge in [-0.15, -0.1) is 0 Å². The molecule has 2 atom stereocenters. The molecule has 2 saturated heterocycles. The number of ether oxygens (including phenoxy) is 2. The molecule has 9 rings (SSSR count). The second-order valence-electron chi connectivity index (χ2n) is 16.8. The molecule has 7 heterocycles. The van der Waals surface area contributed by atoms with E-state index in [4.69, 9.17) is 26.1 Å². The number of fused-ring (bicyclic) bond motifs is 2. The minimum atomic E-state index is -0.822. The molecular weight excluding hydrogens is 842 g/mol. The average molecular weight is 888 g/mol. The fourth-order valence-corrected chi connectivity index (χ4v) is 9.45. The number of nitrogens with one attached hydrogen (secondary N) is 1. The second-order valence-corrected chi connectivity index (χ2v) is 17.2. The number of likely N-dealkylation sites (tertiary alicyclic amines) is 1. The smallest absolute Gasteiger partial charge is 0.329 e. The summed E-state index contributed by atoms with van der Waals surface area (Å²) in [6, 6.07) is 14.0. The summed E-state index contributed by atoms with van der Waals surface area (Å²) >= 11 is 6.32. The van der Waals surface area contributed by atoms with Crippen LogP contribution in [0.15, 0.2) is 76.6 Å². The summed E-state index contributed by atoms with van der Waals surface area (Å²) < 4.78 is 18.5. The molecule has 4 aromatic heterocycles. The van der Waals surface area contributed by atoms with E-state index >= 15 is 0 Å². The zero-order valence-electron chi connectivity index (χ0n) is 36.1. The maximum absolute atomic E-state index is 14.6. The highest BCUT2D eigenvalue weighted by molar-refractivity contribution is 6.30. The number of pyridine rings is 2. The van der Waals surface area contributed by atoms with Gasteiger partial charge in [0.2, 0.25) is 17.7 Å². The molecule has 17 nitrogen and oxygen atoms in total. The number of piperidine rings is 2. The first-order valence-corrected chi connectivity index (χ1v) is 21.5. The number of amides is 4. The molecule has 0 spiro atoms. The van der Waals surface area contributed by atoms with Crippen molar-refractivity contribution in [2.45, 2.75) is 70.7 Å². The third kappa shape index (κ3) is 7.03. The molecule has 1 N–H and O–H groups in total. The van der Waals surface area contributed by atoms with Gasteiger partial charge in [-0.25, -0.2) is 14.8 Å². The quantitative estimate of drug-likeness (QED) is 0.188. The lowest BCUT2D eigenvalue weighted by Crippen LogP contribution is -2.44. The van der Waals surface area contributed by atoms with Gasteiger partial charge in [0, 0.05) is 69.9 Å². The average Bonchev–Trinajstić information content (AvgIpc) is 3.89. The Morgan fingerprint density at radius 1 is 0.969 bits per heavy atom. The predicted molar refractivity (Wildman–Crippen MR) is 237 cm³/mol. The van der Waals surface area contributed by atoms with E-state index in [0.717, 1.165) is 11.1 Å². The van der Waals surface area contributed by atoms with E-state index in [1.165, 1.54) is 31.9 Å². The monoisotopic (exact) mass is 887 g/mol. The standard InChI is InChI=1S/C46H46ClN9O8/c1-24(2)54-39-36(45(61)56(33-20-25(3)23-51(4)44(33)60)37(39)26-10-12-28(47)13-11-26)50-40(54)30-21-27(22-48-42(30)63-6)43(59)53-18-16-29(17-19-53)64-34-9-7-8-31-38(34)52(5)46(62)55(31)32-14-15-35(57)49-41(32)58/h7-13,20-24,29,32,37H,14-19H2,1-6H3,(H,49,57,58)/t32?,37-/m0/s1. The third-order valence-electron chi connectivity index (χ3n) is 12.3. The number of aromatic nitrogens is 6. The largest absolute Gasteiger partial charge is 0.488 e. The van der Waals surface area contributed by atoms with Crippen molar-refractivity contribution in [3.63, 3.8) is 0 Å². The molecule has 18 heteroatoms. The van der Waals surface area contributed by atoms with Crippen molar-refractivity contribution in [3.05, 3.63) is 121 Å². The van der Waals surface area contributed by atoms with Crippen LogP contribution in [-0.2, 0) is 23.7 Å². The molecule has 1 unspecified atom stereocenters. The summed E-state index contributed by atoms with van der Waals surface area (Å²) in [7, 11) is 4.75. The highest BCUT2D eigenvalue weighted by Gasteiger charge is 2.46. The van der Waals surface area contributed by atoms with E-state index in [1.54, 1.807) is 67.7 Å². The highest BCUT2D eigenvalue weighted by Crippen LogP contribution is 2.45. The van der Waals surface area contributed by atoms with Gasteiger partial charge in [-0.2, -0.15) is 0 Å². The first-order valence-electron chi connectivity index (χ1n) is 21.1. The Morgan fingerprint density at radius 2 is 1.70 bits per heavy atom. The Bertz CT molecular complexity index is 3030. The number of anilines is 1. The van der Waals surface area contributed by atoms with Gasteiger partial charge in [0.05, 0.1) is 29.4 Å². The van der Waals surface area contributed by atoms with Crippen LogP contribution in [0.25, 0.3) is 22.4 Å². The van der Waals surface area contributed by atoms with Gasteiger partial charge in [0.25, 0.3) is 17.4 Å². The van der Waals surface area contributed by atoms with Gasteiger partial charge in [0.1, 0.15) is 41.0 Å². The van der Waals surface area contributed by atoms with Gasteiger partial charge < -0.3 is 23.5 Å². The fourth-order valence-electron chi connectivity index (χ4n) is 9.32. The van der Waals surface area contributed by atoms with Crippen molar-refractivity contribution in [2.24, 2.45) is 14.1 Å². The third-order valence-corrected chi connectivity index (χ3v) is 12.5. The van der Waals surface area contributed by atoms with Crippen molar-refractivity contribution >= 4 is 52.0 Å². The highest BCUT2D eigenvalue weighted by atomic mass is 35.5. The molecule has 4 amide bonds. The van der Waals surface area contributed by atoms with Crippen LogP contribution in [0.3, 0.4) is 0 Å². The van der Waals surface area contributed by atoms with Gasteiger partial charge >= 0.3 is 5.69 Å². The normalized spacial score (nSPS) is 18.0. The first-order chi connectivity index (χ1) is 30.7. The van der Waals surface area contributed by atoms with Crippen molar-refractivity contribution in [2.75, 3.05) is 25.1 Å². The van der Waals surface area contributed by atoms with E-state index in [9.17, 15) is 28.8 Å². The molecule has 0 aliphatic carbocycles. The number of para-hydroxylation sites is 1. The van der Waals surface area contributed by atoms with Crippen molar-refractivity contribution in [1.29, 1.82) is 0 Å². The SMILES string of the molecule is COc1ncc(C(=O)N2CCC(Oc3cccc4c3n(C)c(=O)n4C3CCC(=O)NC3=O)CC2)cc1-c1nc2c(n1C(C)C)[C@H](c1ccc(Cl)cc1)N(c1cc(C)cn(C)c1=O)C2=O. The zero-order valence-corrected chi connectivity index (χ0v) is 36.9. The number of hydrogen-bond donors (Lipinski definition) is 1. The van der Waals surface area contributed by atoms with Gasteiger partial charge in [-0.3, -0.25) is 43.3 Å². The fraction of sp³-hybridized carbons (Fsp3) is 0.348. The number of methoxy groups -OCH3 is 1. The van der Waals surface area contributed by atoms with Gasteiger partial charge in [-0.1, -0.05) is 29.8 Å². The number of carbonyl (C=O) groups excluding carboxylic acids is 4. The minimum absolute atomic E-state index is 0.134. The van der Waals surface area contributed by atoms with Crippen LogP contribution in [0, 0.1) is 6.92 Å². The summed E-state index contributed by atoms with van der Waals surface area (Å²) in [4.78, 5) is 93.3. The summed E-state index contributed by atoms with van der Waals surface area (Å²) in [6.45, 7) is 6.55. The van der Waals surface area contributed by atoms with Crippen LogP contribution in [0.2, 0.25) is 5.02 Å². The van der Waals surface area contributed by atoms with Crippen LogP contribution < -0.4 is 30.9 Å². The predicted octanol–water partition coefficient (Wildman–Crippen LogP) is 5.26. The number of hydrogen-bond acceptors (Lipinski definition) is 10. The number of nitrogens with zero attached hydrogens (tertiary/aromatic N) is 8. The number of rotatable bonds is 9. The Labute approximate surface area is 371 Å². The van der Waals surface area contributed by atoms with E-state index in [2.05, 4.69) is 10.3 Å². The Morgan fingerprint density at radius 3 is 2.39 bits per heavy atom. The number of aryl methyl sites for hydroxylation is 3. The first kappa shape index (κ1) is 42.3. The van der Waals surface area contributed by atoms with Crippen LogP contribution >= 0.6 is 11.6 Å². The Balaban J connectivity index is 1.00. The summed E-state index contributed by atoms with van der Waals surface area (Å²) in [6.07, 6.45) is 4.25. The zero-order chi connectivity index (χ0) is 45.3. The van der Waals surface area contributed by atoms with Crippen LogP contribution in [0.4, 0.5) is 5.69 Å². The number of imide groups is 1. The van der Waals surface area contributed by atoms with Gasteiger partial charge in [0.15, 0.2) is 5.69 Å². The van der Waals surface area contributed by atoms with E-state index in [1.807, 2.05) is 37.5 Å². The van der Waals surface area contributed by atoms with Crippen LogP contribution in [0.5, 0.6) is 11.6 Å². The van der Waals surface area contributed by atoms with E-state index < -0.39 is 29.6 Å². The molecule has 2 aromatic carbocycles. The Kier molecular flexibility index (Phi) is 10.8. The topological polar surface area (TPSA) is 185 Å². The summed E-state index contributed by atoms with van der Waals surface area (Å²) in [5, 5.41) is 2.85. The lowest BCUT2D eigenvalue weighted by atomic mass is 10.0. The van der Waals surface area contributed by atoms with Crippen LogP contribution in [0.1, 0.15) is 95.3 Å². The van der Waals surface area contributed by atoms with E-state index in [-0.39, 0.29) is 59.6 Å². The number of halogens is 1. The lowest BCUT2D eigenvalue weighted by Gasteiger charge is -2.32. The maximum Gasteiger partial charge on any atom is 0.329 e.